The van der Waals surface area contributed by atoms with E-state index in [1.54, 1.807) is 12.1 Å². The van der Waals surface area contributed by atoms with Gasteiger partial charge < -0.3 is 4.74 Å². The minimum atomic E-state index is -3.52. The number of hydrogen-bond acceptors (Lipinski definition) is 3. The molecule has 0 heterocycles. The number of ether oxygens (including phenoxy) is 1. The zero-order chi connectivity index (χ0) is 17.7. The number of hydrogen-bond donors (Lipinski definition) is 1. The highest BCUT2D eigenvalue weighted by Crippen LogP contribution is 2.22. The van der Waals surface area contributed by atoms with Crippen LogP contribution in [0.3, 0.4) is 0 Å². The predicted octanol–water partition coefficient (Wildman–Crippen LogP) is 4.40. The van der Waals surface area contributed by atoms with Gasteiger partial charge in [0.2, 0.25) is 10.0 Å². The van der Waals surface area contributed by atoms with E-state index in [-0.39, 0.29) is 18.4 Å². The minimum absolute atomic E-state index is 0.0592. The first-order valence-electron chi connectivity index (χ1n) is 7.42. The molecule has 0 atom stereocenters. The van der Waals surface area contributed by atoms with Crippen molar-refractivity contribution in [2.75, 3.05) is 0 Å². The highest BCUT2D eigenvalue weighted by Gasteiger charge is 2.14. The topological polar surface area (TPSA) is 55.4 Å². The molecule has 2 aromatic carbocycles. The normalized spacial score (nSPS) is 11.7. The van der Waals surface area contributed by atoms with Crippen LogP contribution in [0.4, 0.5) is 0 Å². The molecule has 4 nitrogen and oxygen atoms in total. The molecule has 0 aliphatic rings. The van der Waals surface area contributed by atoms with Gasteiger partial charge in [-0.1, -0.05) is 41.4 Å². The molecule has 7 heteroatoms. The number of rotatable bonds is 7. The lowest BCUT2D eigenvalue weighted by Gasteiger charge is -2.12. The number of sulfonamides is 1. The number of halogens is 2. The first-order chi connectivity index (χ1) is 11.2. The summed E-state index contributed by atoms with van der Waals surface area (Å²) in [6.45, 7) is 4.05. The lowest BCUT2D eigenvalue weighted by atomic mass is 10.2. The van der Waals surface area contributed by atoms with Crippen LogP contribution in [-0.2, 0) is 22.3 Å². The van der Waals surface area contributed by atoms with Gasteiger partial charge >= 0.3 is 0 Å². The third kappa shape index (κ3) is 5.98. The van der Waals surface area contributed by atoms with Crippen LogP contribution in [0.15, 0.2) is 42.5 Å². The molecule has 130 valence electrons. The van der Waals surface area contributed by atoms with E-state index in [9.17, 15) is 8.42 Å². The van der Waals surface area contributed by atoms with Crippen LogP contribution in [0.5, 0.6) is 5.75 Å². The van der Waals surface area contributed by atoms with Gasteiger partial charge in [0, 0.05) is 16.6 Å². The Morgan fingerprint density at radius 3 is 2.54 bits per heavy atom. The van der Waals surface area contributed by atoms with Crippen LogP contribution in [0.2, 0.25) is 10.0 Å². The molecule has 2 aromatic rings. The quantitative estimate of drug-likeness (QED) is 0.765. The SMILES string of the molecule is CC(C)Oc1cccc(CNS(=O)(=O)Cc2ccc(Cl)cc2Cl)c1. The van der Waals surface area contributed by atoms with Crippen molar-refractivity contribution in [2.45, 2.75) is 32.2 Å². The highest BCUT2D eigenvalue weighted by molar-refractivity contribution is 7.88. The van der Waals surface area contributed by atoms with Crippen LogP contribution < -0.4 is 9.46 Å². The van der Waals surface area contributed by atoms with Gasteiger partial charge in [0.1, 0.15) is 5.75 Å². The van der Waals surface area contributed by atoms with Gasteiger partial charge in [0.05, 0.1) is 11.9 Å². The second-order valence-electron chi connectivity index (χ2n) is 5.63. The van der Waals surface area contributed by atoms with Gasteiger partial charge in [-0.3, -0.25) is 0 Å². The van der Waals surface area contributed by atoms with E-state index >= 15 is 0 Å². The van der Waals surface area contributed by atoms with E-state index in [0.717, 1.165) is 5.56 Å². The van der Waals surface area contributed by atoms with Gasteiger partial charge in [-0.2, -0.15) is 0 Å². The Kier molecular flexibility index (Phi) is 6.52. The Labute approximate surface area is 152 Å². The van der Waals surface area contributed by atoms with Crippen LogP contribution in [0, 0.1) is 0 Å². The van der Waals surface area contributed by atoms with E-state index in [0.29, 0.717) is 21.4 Å². The van der Waals surface area contributed by atoms with Gasteiger partial charge in [-0.25, -0.2) is 13.1 Å². The van der Waals surface area contributed by atoms with E-state index in [1.165, 1.54) is 6.07 Å². The summed E-state index contributed by atoms with van der Waals surface area (Å²) in [4.78, 5) is 0. The molecule has 2 rings (SSSR count). The summed E-state index contributed by atoms with van der Waals surface area (Å²) in [6, 6.07) is 12.1. The summed E-state index contributed by atoms with van der Waals surface area (Å²) in [5, 5.41) is 0.802. The maximum absolute atomic E-state index is 12.2. The van der Waals surface area contributed by atoms with Crippen molar-refractivity contribution in [1.29, 1.82) is 0 Å². The number of benzene rings is 2. The van der Waals surface area contributed by atoms with Gasteiger partial charge in [-0.15, -0.1) is 0 Å². The van der Waals surface area contributed by atoms with Crippen molar-refractivity contribution in [3.63, 3.8) is 0 Å². The summed E-state index contributed by atoms with van der Waals surface area (Å²) in [5.74, 6) is 0.507. The van der Waals surface area contributed by atoms with Gasteiger partial charge in [-0.05, 0) is 49.2 Å². The van der Waals surface area contributed by atoms with E-state index in [2.05, 4.69) is 4.72 Å². The van der Waals surface area contributed by atoms with Crippen molar-refractivity contribution in [1.82, 2.24) is 4.72 Å². The van der Waals surface area contributed by atoms with Crippen molar-refractivity contribution in [3.8, 4) is 5.75 Å². The largest absolute Gasteiger partial charge is 0.491 e. The third-order valence-corrected chi connectivity index (χ3v) is 4.99. The van der Waals surface area contributed by atoms with Gasteiger partial charge in [0.25, 0.3) is 0 Å². The molecule has 0 bridgehead atoms. The maximum atomic E-state index is 12.2. The Bertz CT molecular complexity index is 807. The number of nitrogens with one attached hydrogen (secondary N) is 1. The van der Waals surface area contributed by atoms with Gasteiger partial charge in [0.15, 0.2) is 0 Å². The Hall–Kier alpha value is -1.27. The third-order valence-electron chi connectivity index (χ3n) is 3.13. The molecule has 0 radical (unpaired) electrons. The zero-order valence-electron chi connectivity index (χ0n) is 13.4. The lowest BCUT2D eigenvalue weighted by molar-refractivity contribution is 0.242. The molecule has 0 aromatic heterocycles. The molecule has 0 spiro atoms. The average molecular weight is 388 g/mol. The van der Waals surface area contributed by atoms with Crippen molar-refractivity contribution in [2.24, 2.45) is 0 Å². The van der Waals surface area contributed by atoms with Crippen molar-refractivity contribution >= 4 is 33.2 Å². The smallest absolute Gasteiger partial charge is 0.216 e. The Balaban J connectivity index is 2.02. The summed E-state index contributed by atoms with van der Waals surface area (Å²) in [6.07, 6.45) is 0.0592. The molecular formula is C17H19Cl2NO3S. The molecule has 0 saturated heterocycles. The molecule has 0 unspecified atom stereocenters. The summed E-state index contributed by atoms with van der Waals surface area (Å²) in [5.41, 5.74) is 1.32. The monoisotopic (exact) mass is 387 g/mol. The molecular weight excluding hydrogens is 369 g/mol. The van der Waals surface area contributed by atoms with Crippen LogP contribution in [-0.4, -0.2) is 14.5 Å². The summed E-state index contributed by atoms with van der Waals surface area (Å²) in [7, 11) is -3.52. The van der Waals surface area contributed by atoms with E-state index in [1.807, 2.05) is 38.1 Å². The Morgan fingerprint density at radius 2 is 1.88 bits per heavy atom. The lowest BCUT2D eigenvalue weighted by Crippen LogP contribution is -2.24. The van der Waals surface area contributed by atoms with Crippen LogP contribution in [0.1, 0.15) is 25.0 Å². The standard InChI is InChI=1S/C17H19Cl2NO3S/c1-12(2)23-16-5-3-4-13(8-16)10-20-24(21,22)11-14-6-7-15(18)9-17(14)19/h3-9,12,20H,10-11H2,1-2H3. The summed E-state index contributed by atoms with van der Waals surface area (Å²) < 4.78 is 32.7. The Morgan fingerprint density at radius 1 is 1.12 bits per heavy atom. The molecule has 1 N–H and O–H groups in total. The molecule has 0 aliphatic heterocycles. The fourth-order valence-electron chi connectivity index (χ4n) is 2.09. The minimum Gasteiger partial charge on any atom is -0.491 e. The highest BCUT2D eigenvalue weighted by atomic mass is 35.5. The second-order valence-corrected chi connectivity index (χ2v) is 8.28. The van der Waals surface area contributed by atoms with E-state index in [4.69, 9.17) is 27.9 Å². The average Bonchev–Trinajstić information content (AvgIpc) is 2.48. The van der Waals surface area contributed by atoms with Crippen LogP contribution >= 0.6 is 23.2 Å². The predicted molar refractivity (Wildman–Crippen MR) is 98.1 cm³/mol. The fraction of sp³-hybridized carbons (Fsp3) is 0.294. The summed E-state index contributed by atoms with van der Waals surface area (Å²) >= 11 is 11.8. The molecule has 0 amide bonds. The molecule has 24 heavy (non-hydrogen) atoms. The van der Waals surface area contributed by atoms with Crippen molar-refractivity contribution in [3.05, 3.63) is 63.6 Å². The molecule has 0 fully saturated rings. The maximum Gasteiger partial charge on any atom is 0.216 e. The second kappa shape index (κ2) is 8.21. The molecule has 0 saturated carbocycles. The first-order valence-corrected chi connectivity index (χ1v) is 9.83. The van der Waals surface area contributed by atoms with Crippen LogP contribution in [0.25, 0.3) is 0 Å². The van der Waals surface area contributed by atoms with E-state index < -0.39 is 10.0 Å². The first kappa shape index (κ1) is 19.1. The van der Waals surface area contributed by atoms with Crippen molar-refractivity contribution < 1.29 is 13.2 Å². The zero-order valence-corrected chi connectivity index (χ0v) is 15.8. The fourth-order valence-corrected chi connectivity index (χ4v) is 3.79. The molecule has 0 aliphatic carbocycles.